The van der Waals surface area contributed by atoms with E-state index in [2.05, 4.69) is 31.2 Å². The van der Waals surface area contributed by atoms with Gasteiger partial charge in [-0.25, -0.2) is 4.39 Å². The van der Waals surface area contributed by atoms with Crippen molar-refractivity contribution in [2.24, 2.45) is 0 Å². The van der Waals surface area contributed by atoms with Gasteiger partial charge in [0.05, 0.1) is 5.69 Å². The van der Waals surface area contributed by atoms with Crippen LogP contribution in [-0.4, -0.2) is 45.7 Å². The maximum atomic E-state index is 14.0. The van der Waals surface area contributed by atoms with Crippen LogP contribution in [0.15, 0.2) is 18.2 Å². The van der Waals surface area contributed by atoms with E-state index in [0.29, 0.717) is 6.54 Å². The minimum atomic E-state index is -0.136. The molecule has 0 aliphatic rings. The molecule has 0 fully saturated rings. The van der Waals surface area contributed by atoms with E-state index in [-0.39, 0.29) is 5.82 Å². The van der Waals surface area contributed by atoms with E-state index in [1.54, 1.807) is 6.07 Å². The van der Waals surface area contributed by atoms with Gasteiger partial charge in [-0.2, -0.15) is 0 Å². The molecule has 0 heterocycles. The molecule has 0 saturated carbocycles. The number of nitrogens with one attached hydrogen (secondary N) is 1. The van der Waals surface area contributed by atoms with Crippen LogP contribution in [-0.2, 0) is 6.54 Å². The Morgan fingerprint density at radius 1 is 1.16 bits per heavy atom. The first-order valence-corrected chi connectivity index (χ1v) is 6.90. The van der Waals surface area contributed by atoms with E-state index >= 15 is 0 Å². The average Bonchev–Trinajstić information content (AvgIpc) is 2.35. The van der Waals surface area contributed by atoms with E-state index < -0.39 is 0 Å². The van der Waals surface area contributed by atoms with Crippen molar-refractivity contribution in [3.05, 3.63) is 29.6 Å². The lowest BCUT2D eigenvalue weighted by atomic mass is 10.1. The van der Waals surface area contributed by atoms with E-state index in [4.69, 9.17) is 0 Å². The molecular formula is C15H26FN3. The summed E-state index contributed by atoms with van der Waals surface area (Å²) in [5.41, 5.74) is 1.75. The molecule has 0 aromatic heterocycles. The number of nitrogens with zero attached hydrogens (tertiary/aromatic N) is 2. The molecule has 108 valence electrons. The number of para-hydroxylation sites is 1. The van der Waals surface area contributed by atoms with Gasteiger partial charge >= 0.3 is 0 Å². The largest absolute Gasteiger partial charge is 0.372 e. The Morgan fingerprint density at radius 3 is 2.53 bits per heavy atom. The predicted molar refractivity (Wildman–Crippen MR) is 80.2 cm³/mol. The zero-order chi connectivity index (χ0) is 14.3. The van der Waals surface area contributed by atoms with E-state index in [1.807, 2.05) is 18.0 Å². The van der Waals surface area contributed by atoms with E-state index in [0.717, 1.165) is 37.3 Å². The molecule has 1 rings (SSSR count). The Bertz CT molecular complexity index is 380. The lowest BCUT2D eigenvalue weighted by molar-refractivity contribution is 0.401. The van der Waals surface area contributed by atoms with Gasteiger partial charge in [0, 0.05) is 20.1 Å². The molecule has 0 unspecified atom stereocenters. The summed E-state index contributed by atoms with van der Waals surface area (Å²) in [4.78, 5) is 4.17. The first-order chi connectivity index (χ1) is 9.06. The third-order valence-electron chi connectivity index (χ3n) is 3.12. The van der Waals surface area contributed by atoms with Crippen molar-refractivity contribution in [3.8, 4) is 0 Å². The predicted octanol–water partition coefficient (Wildman–Crippen LogP) is 2.32. The van der Waals surface area contributed by atoms with Gasteiger partial charge in [-0.1, -0.05) is 19.1 Å². The van der Waals surface area contributed by atoms with Crippen LogP contribution < -0.4 is 10.2 Å². The van der Waals surface area contributed by atoms with Crippen LogP contribution in [0.1, 0.15) is 18.9 Å². The Balaban J connectivity index is 2.73. The lowest BCUT2D eigenvalue weighted by Gasteiger charge is -2.24. The van der Waals surface area contributed by atoms with Gasteiger partial charge < -0.3 is 15.1 Å². The molecule has 19 heavy (non-hydrogen) atoms. The van der Waals surface area contributed by atoms with E-state index in [9.17, 15) is 4.39 Å². The molecule has 3 nitrogen and oxygen atoms in total. The minimum Gasteiger partial charge on any atom is -0.372 e. The van der Waals surface area contributed by atoms with Gasteiger partial charge in [0.15, 0.2) is 0 Å². The standard InChI is InChI=1S/C15H26FN3/c1-5-17-12-13-8-6-9-14(16)15(13)19(4)11-7-10-18(2)3/h6,8-9,17H,5,7,10-12H2,1-4H3. The van der Waals surface area contributed by atoms with Crippen molar-refractivity contribution in [3.63, 3.8) is 0 Å². The summed E-state index contributed by atoms with van der Waals surface area (Å²) in [5.74, 6) is -0.136. The fraction of sp³-hybridized carbons (Fsp3) is 0.600. The summed E-state index contributed by atoms with van der Waals surface area (Å²) in [7, 11) is 6.07. The number of rotatable bonds is 8. The third kappa shape index (κ3) is 5.17. The molecule has 4 heteroatoms. The fourth-order valence-electron chi connectivity index (χ4n) is 2.13. The van der Waals surface area contributed by atoms with Gasteiger partial charge in [0.2, 0.25) is 0 Å². The summed E-state index contributed by atoms with van der Waals surface area (Å²) in [6, 6.07) is 5.30. The van der Waals surface area contributed by atoms with Crippen LogP contribution in [0.4, 0.5) is 10.1 Å². The maximum Gasteiger partial charge on any atom is 0.146 e. The van der Waals surface area contributed by atoms with Gasteiger partial charge in [-0.15, -0.1) is 0 Å². The Kier molecular flexibility index (Phi) is 6.81. The zero-order valence-electron chi connectivity index (χ0n) is 12.5. The van der Waals surface area contributed by atoms with Crippen LogP contribution in [0.5, 0.6) is 0 Å². The molecule has 1 aromatic carbocycles. The SMILES string of the molecule is CCNCc1cccc(F)c1N(C)CCCN(C)C. The molecule has 0 spiro atoms. The second-order valence-electron chi connectivity index (χ2n) is 5.11. The smallest absolute Gasteiger partial charge is 0.146 e. The van der Waals surface area contributed by atoms with Crippen molar-refractivity contribution in [1.29, 1.82) is 0 Å². The minimum absolute atomic E-state index is 0.136. The third-order valence-corrected chi connectivity index (χ3v) is 3.12. The Labute approximate surface area is 116 Å². The zero-order valence-corrected chi connectivity index (χ0v) is 12.5. The van der Waals surface area contributed by atoms with Gasteiger partial charge in [-0.3, -0.25) is 0 Å². The summed E-state index contributed by atoms with van der Waals surface area (Å²) in [5, 5.41) is 3.26. The molecule has 0 amide bonds. The van der Waals surface area contributed by atoms with Crippen molar-refractivity contribution >= 4 is 5.69 Å². The number of benzene rings is 1. The second-order valence-corrected chi connectivity index (χ2v) is 5.11. The first kappa shape index (κ1) is 15.9. The number of halogens is 1. The summed E-state index contributed by atoms with van der Waals surface area (Å²) < 4.78 is 14.0. The monoisotopic (exact) mass is 267 g/mol. The summed E-state index contributed by atoms with van der Waals surface area (Å²) >= 11 is 0. The van der Waals surface area contributed by atoms with Crippen molar-refractivity contribution in [2.75, 3.05) is 45.7 Å². The Hall–Kier alpha value is -1.13. The molecular weight excluding hydrogens is 241 g/mol. The van der Waals surface area contributed by atoms with Crippen molar-refractivity contribution in [1.82, 2.24) is 10.2 Å². The Morgan fingerprint density at radius 2 is 1.89 bits per heavy atom. The van der Waals surface area contributed by atoms with Gasteiger partial charge in [-0.05, 0) is 45.2 Å². The molecule has 1 aromatic rings. The van der Waals surface area contributed by atoms with Crippen LogP contribution in [0.2, 0.25) is 0 Å². The van der Waals surface area contributed by atoms with Crippen LogP contribution in [0, 0.1) is 5.82 Å². The van der Waals surface area contributed by atoms with Gasteiger partial charge in [0.1, 0.15) is 5.82 Å². The topological polar surface area (TPSA) is 18.5 Å². The second kappa shape index (κ2) is 8.12. The molecule has 0 radical (unpaired) electrons. The van der Waals surface area contributed by atoms with Crippen LogP contribution in [0.3, 0.4) is 0 Å². The van der Waals surface area contributed by atoms with Crippen LogP contribution in [0.25, 0.3) is 0 Å². The highest BCUT2D eigenvalue weighted by Crippen LogP contribution is 2.23. The normalized spacial score (nSPS) is 11.1. The van der Waals surface area contributed by atoms with Gasteiger partial charge in [0.25, 0.3) is 0 Å². The fourth-order valence-corrected chi connectivity index (χ4v) is 2.13. The number of hydrogen-bond acceptors (Lipinski definition) is 3. The quantitative estimate of drug-likeness (QED) is 0.780. The summed E-state index contributed by atoms with van der Waals surface area (Å²) in [6.45, 7) is 5.53. The maximum absolute atomic E-state index is 14.0. The highest BCUT2D eigenvalue weighted by atomic mass is 19.1. The highest BCUT2D eigenvalue weighted by molar-refractivity contribution is 5.54. The van der Waals surface area contributed by atoms with E-state index in [1.165, 1.54) is 6.07 Å². The lowest BCUT2D eigenvalue weighted by Crippen LogP contribution is -2.26. The molecule has 0 aliphatic heterocycles. The van der Waals surface area contributed by atoms with Crippen molar-refractivity contribution in [2.45, 2.75) is 19.9 Å². The molecule has 1 N–H and O–H groups in total. The number of hydrogen-bond donors (Lipinski definition) is 1. The molecule has 0 bridgehead atoms. The summed E-state index contributed by atoms with van der Waals surface area (Å²) in [6.07, 6.45) is 1.03. The van der Waals surface area contributed by atoms with Crippen LogP contribution >= 0.6 is 0 Å². The first-order valence-electron chi connectivity index (χ1n) is 6.90. The molecule has 0 aliphatic carbocycles. The molecule has 0 saturated heterocycles. The molecule has 0 atom stereocenters. The average molecular weight is 267 g/mol. The number of anilines is 1. The van der Waals surface area contributed by atoms with Crippen molar-refractivity contribution < 1.29 is 4.39 Å². The highest BCUT2D eigenvalue weighted by Gasteiger charge is 2.12.